The lowest BCUT2D eigenvalue weighted by molar-refractivity contribution is 0.100. The fourth-order valence-corrected chi connectivity index (χ4v) is 5.18. The summed E-state index contributed by atoms with van der Waals surface area (Å²) < 4.78 is 0. The fourth-order valence-electron chi connectivity index (χ4n) is 3.89. The minimum absolute atomic E-state index is 0.221. The van der Waals surface area contributed by atoms with Gasteiger partial charge in [0, 0.05) is 10.4 Å². The Labute approximate surface area is 174 Å². The highest BCUT2D eigenvalue weighted by molar-refractivity contribution is 7.17. The molecular formula is C24H24N2O2S. The van der Waals surface area contributed by atoms with Gasteiger partial charge in [-0.3, -0.25) is 9.59 Å². The van der Waals surface area contributed by atoms with Gasteiger partial charge in [-0.2, -0.15) is 0 Å². The van der Waals surface area contributed by atoms with E-state index in [2.05, 4.69) is 5.32 Å². The summed E-state index contributed by atoms with van der Waals surface area (Å²) in [6.07, 6.45) is 6.34. The minimum atomic E-state index is -0.460. The lowest BCUT2D eigenvalue weighted by Gasteiger charge is -2.10. The SMILES string of the molecule is NC(=O)c1c(NC(=O)c2ccc(-c3ccccc3)cc2)sc2c1CCCCCC2. The first-order valence-corrected chi connectivity index (χ1v) is 10.9. The predicted molar refractivity (Wildman–Crippen MR) is 119 cm³/mol. The van der Waals surface area contributed by atoms with Crippen molar-refractivity contribution in [3.8, 4) is 11.1 Å². The molecule has 0 unspecified atom stereocenters. The number of primary amides is 1. The smallest absolute Gasteiger partial charge is 0.256 e. The monoisotopic (exact) mass is 404 g/mol. The molecule has 0 spiro atoms. The first-order valence-electron chi connectivity index (χ1n) is 10.0. The highest BCUT2D eigenvalue weighted by Crippen LogP contribution is 2.37. The van der Waals surface area contributed by atoms with E-state index in [0.29, 0.717) is 16.1 Å². The van der Waals surface area contributed by atoms with Gasteiger partial charge in [-0.25, -0.2) is 0 Å². The van der Waals surface area contributed by atoms with E-state index in [4.69, 9.17) is 5.73 Å². The second kappa shape index (κ2) is 8.62. The number of nitrogens with one attached hydrogen (secondary N) is 1. The second-order valence-electron chi connectivity index (χ2n) is 7.38. The molecule has 2 amide bonds. The van der Waals surface area contributed by atoms with Crippen LogP contribution in [-0.2, 0) is 12.8 Å². The van der Waals surface area contributed by atoms with Crippen LogP contribution in [0.2, 0.25) is 0 Å². The number of thiophene rings is 1. The maximum absolute atomic E-state index is 12.8. The standard InChI is InChI=1S/C24H24N2O2S/c25-22(27)21-19-10-6-1-2-7-11-20(19)29-24(21)26-23(28)18-14-12-17(13-15-18)16-8-4-3-5-9-16/h3-5,8-9,12-15H,1-2,6-7,10-11H2,(H2,25,27)(H,26,28). The number of anilines is 1. The molecule has 0 bridgehead atoms. The Morgan fingerprint density at radius 3 is 2.17 bits per heavy atom. The van der Waals surface area contributed by atoms with Crippen LogP contribution in [0.4, 0.5) is 5.00 Å². The van der Waals surface area contributed by atoms with Gasteiger partial charge in [-0.05, 0) is 54.5 Å². The number of hydrogen-bond donors (Lipinski definition) is 2. The fraction of sp³-hybridized carbons (Fsp3) is 0.250. The van der Waals surface area contributed by atoms with E-state index in [1.165, 1.54) is 29.1 Å². The Balaban J connectivity index is 1.58. The van der Waals surface area contributed by atoms with Gasteiger partial charge in [-0.15, -0.1) is 11.3 Å². The van der Waals surface area contributed by atoms with Crippen LogP contribution in [0.5, 0.6) is 0 Å². The van der Waals surface area contributed by atoms with Crippen LogP contribution in [-0.4, -0.2) is 11.8 Å². The summed E-state index contributed by atoms with van der Waals surface area (Å²) in [6, 6.07) is 17.5. The van der Waals surface area contributed by atoms with Gasteiger partial charge >= 0.3 is 0 Å². The van der Waals surface area contributed by atoms with Crippen molar-refractivity contribution in [1.29, 1.82) is 0 Å². The zero-order chi connectivity index (χ0) is 20.2. The van der Waals surface area contributed by atoms with Gasteiger partial charge in [-0.1, -0.05) is 55.3 Å². The number of aryl methyl sites for hydroxylation is 1. The molecule has 1 aromatic heterocycles. The number of benzene rings is 2. The Bertz CT molecular complexity index is 1020. The van der Waals surface area contributed by atoms with Crippen LogP contribution in [0, 0.1) is 0 Å². The minimum Gasteiger partial charge on any atom is -0.365 e. The summed E-state index contributed by atoms with van der Waals surface area (Å²) in [4.78, 5) is 26.2. The molecule has 0 fully saturated rings. The van der Waals surface area contributed by atoms with E-state index in [1.54, 1.807) is 0 Å². The van der Waals surface area contributed by atoms with Crippen molar-refractivity contribution in [3.05, 3.63) is 76.2 Å². The molecule has 3 aromatic rings. The molecule has 1 heterocycles. The lowest BCUT2D eigenvalue weighted by Crippen LogP contribution is -2.18. The topological polar surface area (TPSA) is 72.2 Å². The summed E-state index contributed by atoms with van der Waals surface area (Å²) in [5.74, 6) is -0.681. The molecule has 29 heavy (non-hydrogen) atoms. The number of hydrogen-bond acceptors (Lipinski definition) is 3. The van der Waals surface area contributed by atoms with Crippen molar-refractivity contribution in [2.45, 2.75) is 38.5 Å². The third-order valence-corrected chi connectivity index (χ3v) is 6.61. The number of fused-ring (bicyclic) bond motifs is 1. The zero-order valence-corrected chi connectivity index (χ0v) is 17.1. The molecule has 0 saturated heterocycles. The van der Waals surface area contributed by atoms with Crippen molar-refractivity contribution in [2.75, 3.05) is 5.32 Å². The number of amides is 2. The molecule has 5 heteroatoms. The molecule has 0 aliphatic heterocycles. The first kappa shape index (κ1) is 19.4. The highest BCUT2D eigenvalue weighted by atomic mass is 32.1. The summed E-state index contributed by atoms with van der Waals surface area (Å²) in [5, 5.41) is 3.53. The quantitative estimate of drug-likeness (QED) is 0.609. The zero-order valence-electron chi connectivity index (χ0n) is 16.2. The van der Waals surface area contributed by atoms with E-state index in [1.807, 2.05) is 54.6 Å². The number of nitrogens with two attached hydrogens (primary N) is 1. The third kappa shape index (κ3) is 4.25. The molecule has 148 valence electrons. The molecule has 0 radical (unpaired) electrons. The van der Waals surface area contributed by atoms with Crippen LogP contribution in [0.15, 0.2) is 54.6 Å². The molecule has 0 saturated carbocycles. The van der Waals surface area contributed by atoms with Crippen LogP contribution in [0.25, 0.3) is 11.1 Å². The van der Waals surface area contributed by atoms with Gasteiger partial charge in [0.2, 0.25) is 0 Å². The Kier molecular flexibility index (Phi) is 5.76. The third-order valence-electron chi connectivity index (χ3n) is 5.40. The maximum Gasteiger partial charge on any atom is 0.256 e. The van der Waals surface area contributed by atoms with Crippen LogP contribution in [0.1, 0.15) is 56.8 Å². The van der Waals surface area contributed by atoms with E-state index in [9.17, 15) is 9.59 Å². The Morgan fingerprint density at radius 1 is 0.828 bits per heavy atom. The normalized spacial score (nSPS) is 13.8. The molecule has 4 nitrogen and oxygen atoms in total. The van der Waals surface area contributed by atoms with Crippen molar-refractivity contribution in [1.82, 2.24) is 0 Å². The largest absolute Gasteiger partial charge is 0.365 e. The van der Waals surface area contributed by atoms with Gasteiger partial charge in [0.15, 0.2) is 0 Å². The average molecular weight is 405 g/mol. The van der Waals surface area contributed by atoms with Crippen molar-refractivity contribution in [3.63, 3.8) is 0 Å². The molecule has 4 rings (SSSR count). The highest BCUT2D eigenvalue weighted by Gasteiger charge is 2.24. The van der Waals surface area contributed by atoms with Crippen molar-refractivity contribution in [2.24, 2.45) is 5.73 Å². The van der Waals surface area contributed by atoms with Gasteiger partial charge in [0.05, 0.1) is 5.56 Å². The number of carbonyl (C=O) groups is 2. The van der Waals surface area contributed by atoms with Gasteiger partial charge in [0.1, 0.15) is 5.00 Å². The molecule has 1 aliphatic carbocycles. The molecule has 2 aromatic carbocycles. The summed E-state index contributed by atoms with van der Waals surface area (Å²) >= 11 is 1.50. The predicted octanol–water partition coefficient (Wildman–Crippen LogP) is 5.43. The van der Waals surface area contributed by atoms with Crippen molar-refractivity contribution < 1.29 is 9.59 Å². The van der Waals surface area contributed by atoms with E-state index in [-0.39, 0.29) is 5.91 Å². The average Bonchev–Trinajstić information content (AvgIpc) is 3.05. The van der Waals surface area contributed by atoms with E-state index in [0.717, 1.165) is 42.4 Å². The second-order valence-corrected chi connectivity index (χ2v) is 8.49. The number of carbonyl (C=O) groups excluding carboxylic acids is 2. The van der Waals surface area contributed by atoms with E-state index < -0.39 is 5.91 Å². The first-order chi connectivity index (χ1) is 14.1. The van der Waals surface area contributed by atoms with Crippen LogP contribution >= 0.6 is 11.3 Å². The van der Waals surface area contributed by atoms with Crippen LogP contribution < -0.4 is 11.1 Å². The summed E-state index contributed by atoms with van der Waals surface area (Å²) in [6.45, 7) is 0. The molecule has 1 aliphatic rings. The van der Waals surface area contributed by atoms with Crippen LogP contribution in [0.3, 0.4) is 0 Å². The Morgan fingerprint density at radius 2 is 1.48 bits per heavy atom. The van der Waals surface area contributed by atoms with Crippen molar-refractivity contribution >= 4 is 28.2 Å². The summed E-state index contributed by atoms with van der Waals surface area (Å²) in [5.41, 5.74) is 9.94. The summed E-state index contributed by atoms with van der Waals surface area (Å²) in [7, 11) is 0. The maximum atomic E-state index is 12.8. The van der Waals surface area contributed by atoms with Gasteiger partial charge in [0.25, 0.3) is 11.8 Å². The van der Waals surface area contributed by atoms with E-state index >= 15 is 0 Å². The lowest BCUT2D eigenvalue weighted by atomic mass is 9.96. The Hall–Kier alpha value is -2.92. The van der Waals surface area contributed by atoms with Gasteiger partial charge < -0.3 is 11.1 Å². The molecular weight excluding hydrogens is 380 g/mol. The number of rotatable bonds is 4. The molecule has 3 N–H and O–H groups in total. The molecule has 0 atom stereocenters.